The van der Waals surface area contributed by atoms with Gasteiger partial charge in [-0.15, -0.1) is 0 Å². The zero-order valence-corrected chi connectivity index (χ0v) is 15.5. The summed E-state index contributed by atoms with van der Waals surface area (Å²) in [6.07, 6.45) is -0.0517. The van der Waals surface area contributed by atoms with E-state index in [9.17, 15) is 14.4 Å². The lowest BCUT2D eigenvalue weighted by molar-refractivity contribution is -0.148. The number of amides is 3. The highest BCUT2D eigenvalue weighted by Gasteiger charge is 2.13. The van der Waals surface area contributed by atoms with Gasteiger partial charge >= 0.3 is 12.0 Å². The second-order valence-corrected chi connectivity index (χ2v) is 6.67. The van der Waals surface area contributed by atoms with Crippen LogP contribution in [0, 0.1) is 0 Å². The first kappa shape index (κ1) is 21.3. The third kappa shape index (κ3) is 8.91. The molecule has 4 N–H and O–H groups in total. The first-order valence-corrected chi connectivity index (χ1v) is 8.37. The predicted octanol–water partition coefficient (Wildman–Crippen LogP) is 1.08. The lowest BCUT2D eigenvalue weighted by Crippen LogP contribution is -2.33. The standard InChI is InChI=1S/C18H27N3O5/c1-18(2,3)13-4-6-14(7-5-13)25-11-10-20-15(22)12-26-16(23)8-9-21-17(19)24/h4-7H,8-12H2,1-3H3,(H,20,22)(H3,19,21,24). The average molecular weight is 365 g/mol. The lowest BCUT2D eigenvalue weighted by Gasteiger charge is -2.19. The monoisotopic (exact) mass is 365 g/mol. The van der Waals surface area contributed by atoms with E-state index >= 15 is 0 Å². The van der Waals surface area contributed by atoms with Gasteiger partial charge in [0.25, 0.3) is 5.91 Å². The fourth-order valence-electron chi connectivity index (χ4n) is 1.97. The first-order chi connectivity index (χ1) is 12.2. The van der Waals surface area contributed by atoms with E-state index in [1.54, 1.807) is 0 Å². The SMILES string of the molecule is CC(C)(C)c1ccc(OCCNC(=O)COC(=O)CCNC(N)=O)cc1. The van der Waals surface area contributed by atoms with Crippen LogP contribution in [0.3, 0.4) is 0 Å². The summed E-state index contributed by atoms with van der Waals surface area (Å²) in [5.41, 5.74) is 6.16. The fourth-order valence-corrected chi connectivity index (χ4v) is 1.97. The van der Waals surface area contributed by atoms with Crippen LogP contribution >= 0.6 is 0 Å². The number of benzene rings is 1. The van der Waals surface area contributed by atoms with Gasteiger partial charge in [0.1, 0.15) is 12.4 Å². The Balaban J connectivity index is 2.16. The third-order valence-electron chi connectivity index (χ3n) is 3.41. The van der Waals surface area contributed by atoms with Gasteiger partial charge < -0.3 is 25.8 Å². The normalized spacial score (nSPS) is 10.7. The zero-order valence-electron chi connectivity index (χ0n) is 15.5. The van der Waals surface area contributed by atoms with Crippen LogP contribution in [0.1, 0.15) is 32.8 Å². The summed E-state index contributed by atoms with van der Waals surface area (Å²) in [5.74, 6) is -0.294. The number of esters is 1. The Morgan fingerprint density at radius 3 is 2.27 bits per heavy atom. The molecule has 0 unspecified atom stereocenters. The van der Waals surface area contributed by atoms with Crippen LogP contribution in [0.15, 0.2) is 24.3 Å². The van der Waals surface area contributed by atoms with Crippen LogP contribution in [0.5, 0.6) is 5.75 Å². The van der Waals surface area contributed by atoms with E-state index < -0.39 is 17.9 Å². The summed E-state index contributed by atoms with van der Waals surface area (Å²) in [6, 6.07) is 7.10. The van der Waals surface area contributed by atoms with Crippen molar-refractivity contribution < 1.29 is 23.9 Å². The highest BCUT2D eigenvalue weighted by Crippen LogP contribution is 2.24. The van der Waals surface area contributed by atoms with Crippen LogP contribution in [-0.2, 0) is 19.7 Å². The first-order valence-electron chi connectivity index (χ1n) is 8.37. The van der Waals surface area contributed by atoms with Crippen LogP contribution in [0.4, 0.5) is 4.79 Å². The maximum atomic E-state index is 11.6. The maximum absolute atomic E-state index is 11.6. The van der Waals surface area contributed by atoms with E-state index in [2.05, 4.69) is 31.4 Å². The molecule has 0 radical (unpaired) electrons. The number of carbonyl (C=O) groups excluding carboxylic acids is 3. The van der Waals surface area contributed by atoms with Gasteiger partial charge in [-0.2, -0.15) is 0 Å². The quantitative estimate of drug-likeness (QED) is 0.447. The molecule has 0 saturated carbocycles. The molecule has 0 spiro atoms. The third-order valence-corrected chi connectivity index (χ3v) is 3.41. The van der Waals surface area contributed by atoms with Gasteiger partial charge in [-0.1, -0.05) is 32.9 Å². The molecule has 0 heterocycles. The summed E-state index contributed by atoms with van der Waals surface area (Å²) < 4.78 is 10.3. The molecule has 1 aromatic carbocycles. The number of hydrogen-bond acceptors (Lipinski definition) is 5. The molecule has 0 aliphatic carbocycles. The molecule has 0 aliphatic heterocycles. The van der Waals surface area contributed by atoms with Gasteiger partial charge in [-0.25, -0.2) is 4.79 Å². The van der Waals surface area contributed by atoms with Crippen molar-refractivity contribution in [2.75, 3.05) is 26.3 Å². The van der Waals surface area contributed by atoms with Crippen LogP contribution in [-0.4, -0.2) is 44.2 Å². The highest BCUT2D eigenvalue weighted by molar-refractivity contribution is 5.80. The Bertz CT molecular complexity index is 608. The van der Waals surface area contributed by atoms with E-state index in [4.69, 9.17) is 15.2 Å². The number of carbonyl (C=O) groups is 3. The van der Waals surface area contributed by atoms with Crippen LogP contribution in [0.25, 0.3) is 0 Å². The van der Waals surface area contributed by atoms with Crippen molar-refractivity contribution in [3.8, 4) is 5.75 Å². The van der Waals surface area contributed by atoms with Crippen molar-refractivity contribution in [1.29, 1.82) is 0 Å². The highest BCUT2D eigenvalue weighted by atomic mass is 16.5. The molecule has 0 bridgehead atoms. The van der Waals surface area contributed by atoms with E-state index in [0.717, 1.165) is 5.75 Å². The molecule has 0 atom stereocenters. The Kier molecular flexibility index (Phi) is 8.41. The summed E-state index contributed by atoms with van der Waals surface area (Å²) in [7, 11) is 0. The number of urea groups is 1. The van der Waals surface area contributed by atoms with Crippen LogP contribution < -0.4 is 21.1 Å². The van der Waals surface area contributed by atoms with Crippen molar-refractivity contribution in [2.24, 2.45) is 5.73 Å². The summed E-state index contributed by atoms with van der Waals surface area (Å²) in [4.78, 5) is 33.3. The second-order valence-electron chi connectivity index (χ2n) is 6.67. The molecule has 144 valence electrons. The number of primary amides is 1. The van der Waals surface area contributed by atoms with E-state index in [1.807, 2.05) is 24.3 Å². The average Bonchev–Trinajstić information content (AvgIpc) is 2.56. The molecule has 8 heteroatoms. The van der Waals surface area contributed by atoms with Crippen molar-refractivity contribution in [1.82, 2.24) is 10.6 Å². The molecular weight excluding hydrogens is 338 g/mol. The Labute approximate surface area is 153 Å². The van der Waals surface area contributed by atoms with Gasteiger partial charge in [-0.05, 0) is 23.1 Å². The number of rotatable bonds is 9. The number of nitrogens with two attached hydrogens (primary N) is 1. The maximum Gasteiger partial charge on any atom is 0.312 e. The van der Waals surface area contributed by atoms with Gasteiger partial charge in [0.15, 0.2) is 6.61 Å². The number of nitrogens with one attached hydrogen (secondary N) is 2. The lowest BCUT2D eigenvalue weighted by atomic mass is 9.87. The summed E-state index contributed by atoms with van der Waals surface area (Å²) in [5, 5.41) is 4.84. The minimum Gasteiger partial charge on any atom is -0.492 e. The molecule has 1 aromatic rings. The smallest absolute Gasteiger partial charge is 0.312 e. The molecule has 1 rings (SSSR count). The fraction of sp³-hybridized carbons (Fsp3) is 0.500. The Morgan fingerprint density at radius 2 is 1.69 bits per heavy atom. The second kappa shape index (κ2) is 10.3. The van der Waals surface area contributed by atoms with Gasteiger partial charge in [0, 0.05) is 6.54 Å². The number of ether oxygens (including phenoxy) is 2. The molecule has 26 heavy (non-hydrogen) atoms. The van der Waals surface area contributed by atoms with Gasteiger partial charge in [0.2, 0.25) is 0 Å². The van der Waals surface area contributed by atoms with E-state index in [1.165, 1.54) is 5.56 Å². The van der Waals surface area contributed by atoms with E-state index in [-0.39, 0.29) is 25.0 Å². The number of hydrogen-bond donors (Lipinski definition) is 3. The largest absolute Gasteiger partial charge is 0.492 e. The molecular formula is C18H27N3O5. The Morgan fingerprint density at radius 1 is 1.04 bits per heavy atom. The molecule has 0 saturated heterocycles. The minimum atomic E-state index is -0.719. The summed E-state index contributed by atoms with van der Waals surface area (Å²) in [6.45, 7) is 6.70. The zero-order chi connectivity index (χ0) is 19.6. The molecule has 0 aliphatic rings. The predicted molar refractivity (Wildman–Crippen MR) is 96.8 cm³/mol. The van der Waals surface area contributed by atoms with Gasteiger partial charge in [0.05, 0.1) is 13.0 Å². The van der Waals surface area contributed by atoms with Crippen molar-refractivity contribution in [3.63, 3.8) is 0 Å². The molecule has 0 aromatic heterocycles. The molecule has 8 nitrogen and oxygen atoms in total. The van der Waals surface area contributed by atoms with Crippen molar-refractivity contribution in [2.45, 2.75) is 32.6 Å². The Hall–Kier alpha value is -2.77. The summed E-state index contributed by atoms with van der Waals surface area (Å²) >= 11 is 0. The van der Waals surface area contributed by atoms with Crippen LogP contribution in [0.2, 0.25) is 0 Å². The van der Waals surface area contributed by atoms with E-state index in [0.29, 0.717) is 13.2 Å². The minimum absolute atomic E-state index is 0.0517. The molecule has 0 fully saturated rings. The topological polar surface area (TPSA) is 120 Å². The van der Waals surface area contributed by atoms with Crippen molar-refractivity contribution >= 4 is 17.9 Å². The molecule has 3 amide bonds. The van der Waals surface area contributed by atoms with Gasteiger partial charge in [-0.3, -0.25) is 9.59 Å². The van der Waals surface area contributed by atoms with Crippen molar-refractivity contribution in [3.05, 3.63) is 29.8 Å².